The number of hydrogen-bond donors (Lipinski definition) is 1. The second-order valence-electron chi connectivity index (χ2n) is 4.88. The fourth-order valence-corrected chi connectivity index (χ4v) is 2.37. The van der Waals surface area contributed by atoms with E-state index in [4.69, 9.17) is 16.1 Å². The van der Waals surface area contributed by atoms with E-state index in [2.05, 4.69) is 29.3 Å². The molecule has 1 N–H and O–H groups in total. The van der Waals surface area contributed by atoms with Crippen molar-refractivity contribution in [2.45, 2.75) is 39.2 Å². The number of hydrogen-bond acceptors (Lipinski definition) is 4. The Labute approximate surface area is 128 Å². The molecule has 0 fully saturated rings. The van der Waals surface area contributed by atoms with Gasteiger partial charge in [-0.1, -0.05) is 36.7 Å². The summed E-state index contributed by atoms with van der Waals surface area (Å²) in [6, 6.07) is 4.63. The molecule has 1 unspecified atom stereocenters. The third-order valence-electron chi connectivity index (χ3n) is 3.28. The highest BCUT2D eigenvalue weighted by atomic mass is 35.5. The topological polar surface area (TPSA) is 51.0 Å². The van der Waals surface area contributed by atoms with E-state index in [9.17, 15) is 4.39 Å². The van der Waals surface area contributed by atoms with Crippen LogP contribution in [-0.2, 0) is 12.8 Å². The van der Waals surface area contributed by atoms with Gasteiger partial charge in [0.05, 0.1) is 0 Å². The van der Waals surface area contributed by atoms with Crippen LogP contribution >= 0.6 is 11.6 Å². The molecule has 1 aromatic heterocycles. The lowest BCUT2D eigenvalue weighted by Gasteiger charge is -2.12. The third kappa shape index (κ3) is 4.51. The molecule has 0 amide bonds. The molecule has 114 valence electrons. The molecule has 0 spiro atoms. The molecular weight excluding hydrogens is 293 g/mol. The molecule has 0 aliphatic rings. The molecule has 1 aromatic carbocycles. The average molecular weight is 312 g/mol. The largest absolute Gasteiger partial charge is 0.339 e. The second kappa shape index (κ2) is 7.52. The molecule has 0 saturated heterocycles. The van der Waals surface area contributed by atoms with Crippen molar-refractivity contribution in [3.8, 4) is 0 Å². The standard InChI is InChI=1S/C15H19ClFN3O/c1-3-12(18-4-2)9-15-19-14(20-21-15)7-10-5-6-11(17)8-13(10)16/h5-6,8,12,18H,3-4,7,9H2,1-2H3. The fraction of sp³-hybridized carbons (Fsp3) is 0.467. The lowest BCUT2D eigenvalue weighted by Crippen LogP contribution is -2.30. The zero-order valence-corrected chi connectivity index (χ0v) is 13.0. The predicted octanol–water partition coefficient (Wildman–Crippen LogP) is 3.38. The minimum atomic E-state index is -0.353. The normalized spacial score (nSPS) is 12.6. The van der Waals surface area contributed by atoms with Gasteiger partial charge in [0.2, 0.25) is 5.89 Å². The Kier molecular flexibility index (Phi) is 5.70. The molecule has 4 nitrogen and oxygen atoms in total. The van der Waals surface area contributed by atoms with Gasteiger partial charge in [-0.2, -0.15) is 4.98 Å². The number of aromatic nitrogens is 2. The monoisotopic (exact) mass is 311 g/mol. The SMILES string of the molecule is CCNC(CC)Cc1nc(Cc2ccc(F)cc2Cl)no1. The number of nitrogens with one attached hydrogen (secondary N) is 1. The summed E-state index contributed by atoms with van der Waals surface area (Å²) >= 11 is 6.00. The highest BCUT2D eigenvalue weighted by molar-refractivity contribution is 6.31. The molecule has 2 aromatic rings. The van der Waals surface area contributed by atoms with Gasteiger partial charge < -0.3 is 9.84 Å². The van der Waals surface area contributed by atoms with Crippen LogP contribution in [0, 0.1) is 5.82 Å². The first kappa shape index (κ1) is 15.9. The van der Waals surface area contributed by atoms with Crippen LogP contribution in [0.25, 0.3) is 0 Å². The van der Waals surface area contributed by atoms with Crippen molar-refractivity contribution in [3.05, 3.63) is 46.3 Å². The summed E-state index contributed by atoms with van der Waals surface area (Å²) in [5.74, 6) is 0.815. The van der Waals surface area contributed by atoms with Crippen molar-refractivity contribution in [1.29, 1.82) is 0 Å². The summed E-state index contributed by atoms with van der Waals surface area (Å²) in [6.45, 7) is 5.09. The highest BCUT2D eigenvalue weighted by Gasteiger charge is 2.13. The Morgan fingerprint density at radius 3 is 2.86 bits per heavy atom. The summed E-state index contributed by atoms with van der Waals surface area (Å²) in [5.41, 5.74) is 0.782. The number of halogens is 2. The van der Waals surface area contributed by atoms with E-state index in [-0.39, 0.29) is 5.82 Å². The zero-order valence-electron chi connectivity index (χ0n) is 12.2. The zero-order chi connectivity index (χ0) is 15.2. The van der Waals surface area contributed by atoms with Crippen molar-refractivity contribution in [2.75, 3.05) is 6.54 Å². The molecule has 0 aliphatic heterocycles. The lowest BCUT2D eigenvalue weighted by molar-refractivity contribution is 0.352. The summed E-state index contributed by atoms with van der Waals surface area (Å²) < 4.78 is 18.3. The Balaban J connectivity index is 2.02. The van der Waals surface area contributed by atoms with Crippen LogP contribution in [0.4, 0.5) is 4.39 Å². The second-order valence-corrected chi connectivity index (χ2v) is 5.29. The van der Waals surface area contributed by atoms with Gasteiger partial charge >= 0.3 is 0 Å². The fourth-order valence-electron chi connectivity index (χ4n) is 2.14. The lowest BCUT2D eigenvalue weighted by atomic mass is 10.1. The van der Waals surface area contributed by atoms with Crippen molar-refractivity contribution in [2.24, 2.45) is 0 Å². The van der Waals surface area contributed by atoms with E-state index in [1.807, 2.05) is 0 Å². The smallest absolute Gasteiger partial charge is 0.228 e. The number of nitrogens with zero attached hydrogens (tertiary/aromatic N) is 2. The van der Waals surface area contributed by atoms with Crippen molar-refractivity contribution in [1.82, 2.24) is 15.5 Å². The van der Waals surface area contributed by atoms with E-state index in [1.54, 1.807) is 6.07 Å². The molecule has 1 heterocycles. The Morgan fingerprint density at radius 1 is 1.38 bits per heavy atom. The molecule has 1 atom stereocenters. The Bertz CT molecular complexity index is 588. The van der Waals surface area contributed by atoms with E-state index < -0.39 is 0 Å². The van der Waals surface area contributed by atoms with Crippen molar-refractivity contribution < 1.29 is 8.91 Å². The van der Waals surface area contributed by atoms with Gasteiger partial charge in [-0.3, -0.25) is 0 Å². The average Bonchev–Trinajstić information content (AvgIpc) is 2.89. The van der Waals surface area contributed by atoms with E-state index >= 15 is 0 Å². The summed E-state index contributed by atoms with van der Waals surface area (Å²) in [6.07, 6.45) is 2.13. The first-order chi connectivity index (χ1) is 10.1. The molecule has 21 heavy (non-hydrogen) atoms. The van der Waals surface area contributed by atoms with Crippen LogP contribution in [0.1, 0.15) is 37.5 Å². The highest BCUT2D eigenvalue weighted by Crippen LogP contribution is 2.19. The summed E-state index contributed by atoms with van der Waals surface area (Å²) in [4.78, 5) is 4.37. The van der Waals surface area contributed by atoms with Gasteiger partial charge in [0, 0.05) is 23.9 Å². The Hall–Kier alpha value is -1.46. The van der Waals surface area contributed by atoms with E-state index in [0.29, 0.717) is 35.6 Å². The quantitative estimate of drug-likeness (QED) is 0.851. The first-order valence-electron chi connectivity index (χ1n) is 7.11. The van der Waals surface area contributed by atoms with Gasteiger partial charge in [0.25, 0.3) is 0 Å². The predicted molar refractivity (Wildman–Crippen MR) is 80.0 cm³/mol. The van der Waals surface area contributed by atoms with Crippen LogP contribution in [0.5, 0.6) is 0 Å². The molecule has 0 saturated carbocycles. The number of benzene rings is 1. The Morgan fingerprint density at radius 2 is 2.19 bits per heavy atom. The van der Waals surface area contributed by atoms with Crippen LogP contribution in [0.3, 0.4) is 0 Å². The van der Waals surface area contributed by atoms with Crippen LogP contribution in [0.2, 0.25) is 5.02 Å². The van der Waals surface area contributed by atoms with Gasteiger partial charge in [0.1, 0.15) is 5.82 Å². The minimum Gasteiger partial charge on any atom is -0.339 e. The van der Waals surface area contributed by atoms with E-state index in [0.717, 1.165) is 18.5 Å². The molecule has 2 rings (SSSR count). The van der Waals surface area contributed by atoms with Gasteiger partial charge in [-0.05, 0) is 30.7 Å². The molecule has 0 aliphatic carbocycles. The number of rotatable bonds is 7. The van der Waals surface area contributed by atoms with E-state index in [1.165, 1.54) is 12.1 Å². The summed E-state index contributed by atoms with van der Waals surface area (Å²) in [5, 5.41) is 7.70. The molecule has 6 heteroatoms. The van der Waals surface area contributed by atoms with Crippen molar-refractivity contribution in [3.63, 3.8) is 0 Å². The van der Waals surface area contributed by atoms with Gasteiger partial charge in [-0.25, -0.2) is 4.39 Å². The third-order valence-corrected chi connectivity index (χ3v) is 3.63. The number of likely N-dealkylation sites (N-methyl/N-ethyl adjacent to an activating group) is 1. The van der Waals surface area contributed by atoms with Gasteiger partial charge in [-0.15, -0.1) is 0 Å². The molecule has 0 bridgehead atoms. The molecular formula is C15H19ClFN3O. The van der Waals surface area contributed by atoms with Crippen molar-refractivity contribution >= 4 is 11.6 Å². The van der Waals surface area contributed by atoms with Crippen LogP contribution in [0.15, 0.2) is 22.7 Å². The maximum atomic E-state index is 13.0. The molecule has 0 radical (unpaired) electrons. The van der Waals surface area contributed by atoms with Crippen LogP contribution < -0.4 is 5.32 Å². The maximum Gasteiger partial charge on any atom is 0.228 e. The maximum absolute atomic E-state index is 13.0. The summed E-state index contributed by atoms with van der Waals surface area (Å²) in [7, 11) is 0. The van der Waals surface area contributed by atoms with Gasteiger partial charge in [0.15, 0.2) is 5.82 Å². The first-order valence-corrected chi connectivity index (χ1v) is 7.49. The van der Waals surface area contributed by atoms with Crippen LogP contribution in [-0.4, -0.2) is 22.7 Å². The minimum absolute atomic E-state index is 0.331.